The van der Waals surface area contributed by atoms with Gasteiger partial charge in [0.15, 0.2) is 0 Å². The van der Waals surface area contributed by atoms with Crippen molar-refractivity contribution >= 4 is 17.9 Å². The van der Waals surface area contributed by atoms with Gasteiger partial charge in [0.25, 0.3) is 0 Å². The highest BCUT2D eigenvalue weighted by Gasteiger charge is 2.26. The normalized spacial score (nSPS) is 16.8. The third-order valence-corrected chi connectivity index (χ3v) is 4.42. The first-order chi connectivity index (χ1) is 9.94. The maximum absolute atomic E-state index is 12.0. The first kappa shape index (κ1) is 16.1. The minimum Gasteiger partial charge on any atom is -0.444 e. The van der Waals surface area contributed by atoms with Crippen LogP contribution in [0.1, 0.15) is 33.6 Å². The molecule has 1 saturated heterocycles. The molecule has 0 bridgehead atoms. The molecular formula is C15H23N3O2S. The van der Waals surface area contributed by atoms with Gasteiger partial charge in [-0.2, -0.15) is 0 Å². The summed E-state index contributed by atoms with van der Waals surface area (Å²) in [4.78, 5) is 22.1. The van der Waals surface area contributed by atoms with Crippen LogP contribution in [0.15, 0.2) is 23.6 Å². The molecule has 1 aliphatic rings. The number of piperidine rings is 1. The van der Waals surface area contributed by atoms with Crippen LogP contribution in [0.4, 0.5) is 4.79 Å². The zero-order valence-electron chi connectivity index (χ0n) is 12.9. The number of nitrogens with zero attached hydrogens (tertiary/aromatic N) is 3. The van der Waals surface area contributed by atoms with Gasteiger partial charge in [0, 0.05) is 31.2 Å². The van der Waals surface area contributed by atoms with Crippen molar-refractivity contribution in [2.75, 3.05) is 18.8 Å². The number of amides is 1. The summed E-state index contributed by atoms with van der Waals surface area (Å²) in [6.45, 7) is 7.25. The topological polar surface area (TPSA) is 55.3 Å². The number of ether oxygens (including phenoxy) is 1. The van der Waals surface area contributed by atoms with E-state index in [-0.39, 0.29) is 6.09 Å². The van der Waals surface area contributed by atoms with Gasteiger partial charge < -0.3 is 9.64 Å². The summed E-state index contributed by atoms with van der Waals surface area (Å²) >= 11 is 1.74. The Labute approximate surface area is 130 Å². The maximum atomic E-state index is 12.0. The Hall–Kier alpha value is -1.30. The standard InChI is InChI=1S/C15H23N3O2S/c1-15(2,3)20-14(19)18-8-4-12(5-9-18)11-21-13-10-16-6-7-17-13/h6-7,10,12H,4-5,8-9,11H2,1-3H3. The quantitative estimate of drug-likeness (QED) is 0.802. The van der Waals surface area contributed by atoms with Gasteiger partial charge in [0.1, 0.15) is 10.6 Å². The minimum atomic E-state index is -0.421. The van der Waals surface area contributed by atoms with Gasteiger partial charge in [-0.05, 0) is 39.5 Å². The van der Waals surface area contributed by atoms with E-state index >= 15 is 0 Å². The molecule has 0 aromatic carbocycles. The molecule has 0 N–H and O–H groups in total. The van der Waals surface area contributed by atoms with E-state index < -0.39 is 5.60 Å². The monoisotopic (exact) mass is 309 g/mol. The van der Waals surface area contributed by atoms with Crippen LogP contribution in [0.5, 0.6) is 0 Å². The summed E-state index contributed by atoms with van der Waals surface area (Å²) in [5, 5.41) is 0.965. The van der Waals surface area contributed by atoms with Crippen LogP contribution in [-0.2, 0) is 4.74 Å². The molecule has 0 radical (unpaired) electrons. The molecule has 1 fully saturated rings. The van der Waals surface area contributed by atoms with Crippen molar-refractivity contribution in [3.8, 4) is 0 Å². The van der Waals surface area contributed by atoms with Gasteiger partial charge >= 0.3 is 6.09 Å². The van der Waals surface area contributed by atoms with Crippen molar-refractivity contribution < 1.29 is 9.53 Å². The molecule has 1 amide bonds. The summed E-state index contributed by atoms with van der Waals surface area (Å²) < 4.78 is 5.41. The summed E-state index contributed by atoms with van der Waals surface area (Å²) in [6.07, 6.45) is 7.04. The molecule has 116 valence electrons. The lowest BCUT2D eigenvalue weighted by Crippen LogP contribution is -2.42. The van der Waals surface area contributed by atoms with Gasteiger partial charge in [-0.3, -0.25) is 4.98 Å². The summed E-state index contributed by atoms with van der Waals surface area (Å²) in [5.74, 6) is 1.65. The van der Waals surface area contributed by atoms with E-state index in [9.17, 15) is 4.79 Å². The van der Waals surface area contributed by atoms with Crippen molar-refractivity contribution in [2.45, 2.75) is 44.2 Å². The number of thioether (sulfide) groups is 1. The lowest BCUT2D eigenvalue weighted by atomic mass is 9.99. The van der Waals surface area contributed by atoms with Gasteiger partial charge in [-0.15, -0.1) is 11.8 Å². The molecule has 5 nitrogen and oxygen atoms in total. The largest absolute Gasteiger partial charge is 0.444 e. The zero-order valence-corrected chi connectivity index (χ0v) is 13.7. The number of likely N-dealkylation sites (tertiary alicyclic amines) is 1. The molecule has 0 atom stereocenters. The van der Waals surface area contributed by atoms with E-state index in [0.29, 0.717) is 5.92 Å². The van der Waals surface area contributed by atoms with E-state index in [1.54, 1.807) is 30.4 Å². The number of hydrogen-bond donors (Lipinski definition) is 0. The summed E-state index contributed by atoms with van der Waals surface area (Å²) in [7, 11) is 0. The number of carbonyl (C=O) groups is 1. The van der Waals surface area contributed by atoms with Crippen LogP contribution >= 0.6 is 11.8 Å². The lowest BCUT2D eigenvalue weighted by Gasteiger charge is -2.33. The van der Waals surface area contributed by atoms with E-state index in [2.05, 4.69) is 9.97 Å². The van der Waals surface area contributed by atoms with Crippen LogP contribution < -0.4 is 0 Å². The summed E-state index contributed by atoms with van der Waals surface area (Å²) in [5.41, 5.74) is -0.421. The van der Waals surface area contributed by atoms with Crippen LogP contribution in [0.2, 0.25) is 0 Å². The Morgan fingerprint density at radius 1 is 1.38 bits per heavy atom. The first-order valence-electron chi connectivity index (χ1n) is 7.31. The molecule has 0 saturated carbocycles. The van der Waals surface area contributed by atoms with E-state index in [1.165, 1.54) is 0 Å². The van der Waals surface area contributed by atoms with Gasteiger partial charge in [-0.1, -0.05) is 0 Å². The number of carbonyl (C=O) groups excluding carboxylic acids is 1. The molecule has 0 unspecified atom stereocenters. The fourth-order valence-electron chi connectivity index (χ4n) is 2.17. The molecular weight excluding hydrogens is 286 g/mol. The Balaban J connectivity index is 1.72. The van der Waals surface area contributed by atoms with Crippen molar-refractivity contribution in [2.24, 2.45) is 5.92 Å². The van der Waals surface area contributed by atoms with Crippen LogP contribution in [-0.4, -0.2) is 45.4 Å². The smallest absolute Gasteiger partial charge is 0.410 e. The van der Waals surface area contributed by atoms with Crippen LogP contribution in [0.3, 0.4) is 0 Å². The SMILES string of the molecule is CC(C)(C)OC(=O)N1CCC(CSc2cnccn2)CC1. The molecule has 1 aromatic heterocycles. The first-order valence-corrected chi connectivity index (χ1v) is 8.29. The molecule has 0 spiro atoms. The molecule has 1 aromatic rings. The maximum Gasteiger partial charge on any atom is 0.410 e. The van der Waals surface area contributed by atoms with Crippen molar-refractivity contribution in [3.63, 3.8) is 0 Å². The Bertz CT molecular complexity index is 454. The van der Waals surface area contributed by atoms with E-state index in [0.717, 1.165) is 36.7 Å². The Morgan fingerprint density at radius 3 is 2.67 bits per heavy atom. The third kappa shape index (κ3) is 5.53. The van der Waals surface area contributed by atoms with Gasteiger partial charge in [-0.25, -0.2) is 9.78 Å². The highest BCUT2D eigenvalue weighted by Crippen LogP contribution is 2.25. The molecule has 2 heterocycles. The van der Waals surface area contributed by atoms with Crippen molar-refractivity contribution in [1.82, 2.24) is 14.9 Å². The second-order valence-electron chi connectivity index (χ2n) is 6.27. The average Bonchev–Trinajstić information content (AvgIpc) is 2.45. The van der Waals surface area contributed by atoms with Crippen LogP contribution in [0.25, 0.3) is 0 Å². The molecule has 6 heteroatoms. The average molecular weight is 309 g/mol. The number of rotatable bonds is 3. The van der Waals surface area contributed by atoms with E-state index in [4.69, 9.17) is 4.74 Å². The van der Waals surface area contributed by atoms with Crippen molar-refractivity contribution in [1.29, 1.82) is 0 Å². The fourth-order valence-corrected chi connectivity index (χ4v) is 3.18. The number of hydrogen-bond acceptors (Lipinski definition) is 5. The Kier molecular flexibility index (Phi) is 5.45. The predicted octanol–water partition coefficient (Wildman–Crippen LogP) is 3.22. The second kappa shape index (κ2) is 7.11. The zero-order chi connectivity index (χ0) is 15.3. The highest BCUT2D eigenvalue weighted by atomic mass is 32.2. The number of aromatic nitrogens is 2. The highest BCUT2D eigenvalue weighted by molar-refractivity contribution is 7.99. The second-order valence-corrected chi connectivity index (χ2v) is 7.31. The molecule has 0 aliphatic carbocycles. The van der Waals surface area contributed by atoms with Crippen molar-refractivity contribution in [3.05, 3.63) is 18.6 Å². The molecule has 1 aliphatic heterocycles. The third-order valence-electron chi connectivity index (χ3n) is 3.27. The molecule has 2 rings (SSSR count). The van der Waals surface area contributed by atoms with Gasteiger partial charge in [0.2, 0.25) is 0 Å². The lowest BCUT2D eigenvalue weighted by molar-refractivity contribution is 0.0191. The summed E-state index contributed by atoms with van der Waals surface area (Å²) in [6, 6.07) is 0. The van der Waals surface area contributed by atoms with Crippen LogP contribution in [0, 0.1) is 5.92 Å². The van der Waals surface area contributed by atoms with Gasteiger partial charge in [0.05, 0.1) is 6.20 Å². The fraction of sp³-hybridized carbons (Fsp3) is 0.667. The Morgan fingerprint density at radius 2 is 2.10 bits per heavy atom. The van der Waals surface area contributed by atoms with E-state index in [1.807, 2.05) is 25.7 Å². The minimum absolute atomic E-state index is 0.192. The molecule has 21 heavy (non-hydrogen) atoms. The predicted molar refractivity (Wildman–Crippen MR) is 83.3 cm³/mol.